The SMILES string of the molecule is C=CC(=O)N1CCC[C@@H](C(=O)NC2NNC3C2CN(C(=O)N[C@H](CN(C)C)c2ccccc2)C3(C)C)C1. The molecule has 0 spiro atoms. The summed E-state index contributed by atoms with van der Waals surface area (Å²) in [5, 5.41) is 6.39. The molecular weight excluding hydrogens is 470 g/mol. The van der Waals surface area contributed by atoms with Crippen molar-refractivity contribution >= 4 is 17.8 Å². The van der Waals surface area contributed by atoms with Crippen LogP contribution >= 0.6 is 0 Å². The number of urea groups is 1. The molecule has 3 saturated heterocycles. The van der Waals surface area contributed by atoms with Crippen molar-refractivity contribution < 1.29 is 14.4 Å². The summed E-state index contributed by atoms with van der Waals surface area (Å²) in [5.74, 6) is -0.467. The molecule has 37 heavy (non-hydrogen) atoms. The van der Waals surface area contributed by atoms with E-state index in [1.54, 1.807) is 4.90 Å². The van der Waals surface area contributed by atoms with E-state index in [0.717, 1.165) is 18.4 Å². The van der Waals surface area contributed by atoms with E-state index in [2.05, 4.69) is 46.8 Å². The molecule has 10 heteroatoms. The first-order chi connectivity index (χ1) is 17.6. The highest BCUT2D eigenvalue weighted by Gasteiger charge is 2.55. The van der Waals surface area contributed by atoms with Gasteiger partial charge in [-0.3, -0.25) is 15.0 Å². The Morgan fingerprint density at radius 2 is 1.92 bits per heavy atom. The van der Waals surface area contributed by atoms with Gasteiger partial charge in [0, 0.05) is 32.1 Å². The molecular formula is C27H41N7O3. The number of nitrogens with zero attached hydrogens (tertiary/aromatic N) is 3. The van der Waals surface area contributed by atoms with Crippen LogP contribution in [0, 0.1) is 11.8 Å². The molecule has 3 heterocycles. The zero-order chi connectivity index (χ0) is 26.7. The van der Waals surface area contributed by atoms with Gasteiger partial charge >= 0.3 is 6.03 Å². The number of rotatable bonds is 7. The van der Waals surface area contributed by atoms with E-state index in [1.165, 1.54) is 6.08 Å². The molecule has 3 unspecified atom stereocenters. The summed E-state index contributed by atoms with van der Waals surface area (Å²) in [4.78, 5) is 44.4. The number of hydrazine groups is 1. The average molecular weight is 512 g/mol. The number of fused-ring (bicyclic) bond motifs is 1. The second-order valence-electron chi connectivity index (χ2n) is 11.2. The van der Waals surface area contributed by atoms with Crippen molar-refractivity contribution in [2.75, 3.05) is 40.3 Å². The standard InChI is InChI=1S/C27H41N7O3/c1-6-22(35)33-14-10-13-19(15-33)25(36)29-24-20-16-34(27(2,3)23(20)30-31-24)26(37)28-21(17-32(4)5)18-11-8-7-9-12-18/h6-9,11-12,19-21,23-24,30-31H,1,10,13-17H2,2-5H3,(H,28,37)(H,29,36)/t19-,20?,21-,23?,24?/m1/s1. The molecule has 5 atom stereocenters. The number of amides is 4. The van der Waals surface area contributed by atoms with Gasteiger partial charge in [0.05, 0.1) is 29.7 Å². The molecule has 4 rings (SSSR count). The molecule has 3 aliphatic heterocycles. The molecule has 1 aromatic rings. The Bertz CT molecular complexity index is 999. The Morgan fingerprint density at radius 3 is 2.59 bits per heavy atom. The van der Waals surface area contributed by atoms with Crippen molar-refractivity contribution in [1.82, 2.24) is 36.2 Å². The Balaban J connectivity index is 1.41. The number of hydrogen-bond donors (Lipinski definition) is 4. The van der Waals surface area contributed by atoms with E-state index in [-0.39, 0.29) is 47.9 Å². The predicted octanol–water partition coefficient (Wildman–Crippen LogP) is 1.05. The molecule has 0 bridgehead atoms. The van der Waals surface area contributed by atoms with E-state index in [0.29, 0.717) is 26.2 Å². The number of carbonyl (C=O) groups is 3. The van der Waals surface area contributed by atoms with Crippen molar-refractivity contribution in [3.05, 3.63) is 48.6 Å². The molecule has 1 aromatic carbocycles. The highest BCUT2D eigenvalue weighted by molar-refractivity contribution is 5.88. The predicted molar refractivity (Wildman–Crippen MR) is 142 cm³/mol. The van der Waals surface area contributed by atoms with Crippen LogP contribution in [-0.2, 0) is 9.59 Å². The molecule has 0 aromatic heterocycles. The number of hydrogen-bond acceptors (Lipinski definition) is 6. The topological polar surface area (TPSA) is 109 Å². The Hall–Kier alpha value is -2.95. The number of likely N-dealkylation sites (tertiary alicyclic amines) is 2. The fourth-order valence-corrected chi connectivity index (χ4v) is 5.90. The molecule has 0 aliphatic carbocycles. The van der Waals surface area contributed by atoms with E-state index in [1.807, 2.05) is 49.3 Å². The molecule has 202 valence electrons. The molecule has 4 N–H and O–H groups in total. The van der Waals surface area contributed by atoms with E-state index < -0.39 is 5.54 Å². The van der Waals surface area contributed by atoms with Crippen LogP contribution in [0.1, 0.15) is 38.3 Å². The summed E-state index contributed by atoms with van der Waals surface area (Å²) >= 11 is 0. The molecule has 0 radical (unpaired) electrons. The Labute approximate surface area is 219 Å². The minimum absolute atomic E-state index is 0.00299. The van der Waals surface area contributed by atoms with Gasteiger partial charge < -0.3 is 25.3 Å². The van der Waals surface area contributed by atoms with Crippen molar-refractivity contribution in [2.45, 2.75) is 50.5 Å². The van der Waals surface area contributed by atoms with E-state index in [4.69, 9.17) is 0 Å². The second-order valence-corrected chi connectivity index (χ2v) is 11.2. The number of benzene rings is 1. The van der Waals surface area contributed by atoms with Gasteiger partial charge in [-0.2, -0.15) is 0 Å². The monoisotopic (exact) mass is 511 g/mol. The van der Waals surface area contributed by atoms with Gasteiger partial charge in [-0.15, -0.1) is 0 Å². The van der Waals surface area contributed by atoms with Crippen LogP contribution in [0.3, 0.4) is 0 Å². The third kappa shape index (κ3) is 5.81. The lowest BCUT2D eigenvalue weighted by Gasteiger charge is -2.37. The number of nitrogens with one attached hydrogen (secondary N) is 4. The van der Waals surface area contributed by atoms with Crippen LogP contribution in [0.2, 0.25) is 0 Å². The second kappa shape index (κ2) is 11.2. The molecule has 3 aliphatic rings. The van der Waals surface area contributed by atoms with Gasteiger partial charge in [0.25, 0.3) is 0 Å². The van der Waals surface area contributed by atoms with Crippen LogP contribution in [-0.4, -0.2) is 90.6 Å². The summed E-state index contributed by atoms with van der Waals surface area (Å²) in [6, 6.07) is 9.71. The summed E-state index contributed by atoms with van der Waals surface area (Å²) < 4.78 is 0. The quantitative estimate of drug-likeness (QED) is 0.408. The third-order valence-corrected chi connectivity index (χ3v) is 7.97. The van der Waals surface area contributed by atoms with Gasteiger partial charge in [-0.1, -0.05) is 36.9 Å². The van der Waals surface area contributed by atoms with Crippen LogP contribution in [0.4, 0.5) is 4.79 Å². The van der Waals surface area contributed by atoms with Crippen LogP contribution in [0.25, 0.3) is 0 Å². The summed E-state index contributed by atoms with van der Waals surface area (Å²) in [5.41, 5.74) is 7.16. The first-order valence-corrected chi connectivity index (χ1v) is 13.1. The largest absolute Gasteiger partial charge is 0.339 e. The zero-order valence-corrected chi connectivity index (χ0v) is 22.4. The highest BCUT2D eigenvalue weighted by Crippen LogP contribution is 2.37. The first kappa shape index (κ1) is 27.1. The normalized spacial score (nSPS) is 27.5. The highest BCUT2D eigenvalue weighted by atomic mass is 16.2. The molecule has 0 saturated carbocycles. The van der Waals surface area contributed by atoms with E-state index in [9.17, 15) is 14.4 Å². The number of piperidine rings is 1. The number of likely N-dealkylation sites (N-methyl/N-ethyl adjacent to an activating group) is 1. The molecule has 10 nitrogen and oxygen atoms in total. The molecule has 4 amide bonds. The fraction of sp³-hybridized carbons (Fsp3) is 0.593. The summed E-state index contributed by atoms with van der Waals surface area (Å²) in [6.07, 6.45) is 2.52. The summed E-state index contributed by atoms with van der Waals surface area (Å²) in [6.45, 7) is 9.91. The van der Waals surface area contributed by atoms with Crippen LogP contribution in [0.5, 0.6) is 0 Å². The van der Waals surface area contributed by atoms with Crippen molar-refractivity contribution in [1.29, 1.82) is 0 Å². The number of carbonyl (C=O) groups excluding carboxylic acids is 3. The Kier molecular flexibility index (Phi) is 8.20. The third-order valence-electron chi connectivity index (χ3n) is 7.97. The maximum Gasteiger partial charge on any atom is 0.318 e. The van der Waals surface area contributed by atoms with Crippen molar-refractivity contribution in [2.24, 2.45) is 11.8 Å². The van der Waals surface area contributed by atoms with Gasteiger partial charge in [-0.05, 0) is 52.4 Å². The molecule has 3 fully saturated rings. The fourth-order valence-electron chi connectivity index (χ4n) is 5.90. The smallest absolute Gasteiger partial charge is 0.318 e. The van der Waals surface area contributed by atoms with Crippen molar-refractivity contribution in [3.8, 4) is 0 Å². The van der Waals surface area contributed by atoms with Gasteiger partial charge in [0.15, 0.2) is 0 Å². The van der Waals surface area contributed by atoms with Crippen molar-refractivity contribution in [3.63, 3.8) is 0 Å². The average Bonchev–Trinajstić information content (AvgIpc) is 3.41. The lowest BCUT2D eigenvalue weighted by molar-refractivity contribution is -0.132. The van der Waals surface area contributed by atoms with Gasteiger partial charge in [0.1, 0.15) is 0 Å². The van der Waals surface area contributed by atoms with Gasteiger partial charge in [-0.25, -0.2) is 10.2 Å². The minimum Gasteiger partial charge on any atom is -0.339 e. The van der Waals surface area contributed by atoms with Gasteiger partial charge in [0.2, 0.25) is 11.8 Å². The van der Waals surface area contributed by atoms with Crippen LogP contribution < -0.4 is 21.5 Å². The van der Waals surface area contributed by atoms with Crippen LogP contribution in [0.15, 0.2) is 43.0 Å². The maximum atomic E-state index is 13.6. The maximum absolute atomic E-state index is 13.6. The lowest BCUT2D eigenvalue weighted by atomic mass is 9.89. The first-order valence-electron chi connectivity index (χ1n) is 13.1. The van der Waals surface area contributed by atoms with E-state index >= 15 is 0 Å². The zero-order valence-electron chi connectivity index (χ0n) is 22.4. The summed E-state index contributed by atoms with van der Waals surface area (Å²) in [7, 11) is 3.99. The lowest BCUT2D eigenvalue weighted by Crippen LogP contribution is -2.58. The minimum atomic E-state index is -0.474. The Morgan fingerprint density at radius 1 is 1.19 bits per heavy atom.